The number of likely N-dealkylation sites (N-methyl/N-ethyl adjacent to an activating group) is 1. The third-order valence-electron chi connectivity index (χ3n) is 3.33. The molecule has 4 heteroatoms. The maximum absolute atomic E-state index is 11.9. The molecule has 1 amide bonds. The Morgan fingerprint density at radius 2 is 2.00 bits per heavy atom. The van der Waals surface area contributed by atoms with Crippen LogP contribution in [0.5, 0.6) is 0 Å². The van der Waals surface area contributed by atoms with Gasteiger partial charge in [-0.15, -0.1) is 0 Å². The molecule has 0 aliphatic carbocycles. The normalized spacial score (nSPS) is 21.5. The van der Waals surface area contributed by atoms with Crippen LogP contribution >= 0.6 is 0 Å². The van der Waals surface area contributed by atoms with Crippen LogP contribution in [0.3, 0.4) is 0 Å². The number of carbonyl (C=O) groups excluding carboxylic acids is 1. The third-order valence-corrected chi connectivity index (χ3v) is 3.33. The molecule has 0 aromatic heterocycles. The summed E-state index contributed by atoms with van der Waals surface area (Å²) >= 11 is 0. The zero-order valence-electron chi connectivity index (χ0n) is 11.2. The average Bonchev–Trinajstić information content (AvgIpc) is 2.18. The van der Waals surface area contributed by atoms with E-state index < -0.39 is 0 Å². The SMILES string of the molecule is CC(C)NCC(=O)N1CCN(C)C(C)(C)C1. The molecule has 0 spiro atoms. The summed E-state index contributed by atoms with van der Waals surface area (Å²) in [5.41, 5.74) is 0.0890. The van der Waals surface area contributed by atoms with Gasteiger partial charge in [0.1, 0.15) is 0 Å². The van der Waals surface area contributed by atoms with Crippen molar-refractivity contribution in [1.29, 1.82) is 0 Å². The Bertz CT molecular complexity index is 251. The summed E-state index contributed by atoms with van der Waals surface area (Å²) in [5, 5.41) is 3.18. The zero-order chi connectivity index (χ0) is 12.3. The number of hydrogen-bond donors (Lipinski definition) is 1. The minimum absolute atomic E-state index is 0.0890. The standard InChI is InChI=1S/C12H25N3O/c1-10(2)13-8-11(16)15-7-6-14(5)12(3,4)9-15/h10,13H,6-9H2,1-5H3. The predicted molar refractivity (Wildman–Crippen MR) is 66.4 cm³/mol. The Hall–Kier alpha value is -0.610. The lowest BCUT2D eigenvalue weighted by atomic mass is 10.00. The van der Waals surface area contributed by atoms with E-state index in [4.69, 9.17) is 0 Å². The van der Waals surface area contributed by atoms with Gasteiger partial charge in [0, 0.05) is 31.2 Å². The van der Waals surface area contributed by atoms with Gasteiger partial charge in [0.25, 0.3) is 0 Å². The van der Waals surface area contributed by atoms with Crippen LogP contribution < -0.4 is 5.32 Å². The van der Waals surface area contributed by atoms with Crippen LogP contribution in [0.25, 0.3) is 0 Å². The maximum atomic E-state index is 11.9. The van der Waals surface area contributed by atoms with Crippen LogP contribution in [0.1, 0.15) is 27.7 Å². The fourth-order valence-electron chi connectivity index (χ4n) is 1.86. The average molecular weight is 227 g/mol. The highest BCUT2D eigenvalue weighted by Crippen LogP contribution is 2.18. The first-order valence-electron chi connectivity index (χ1n) is 6.05. The van der Waals surface area contributed by atoms with Gasteiger partial charge in [0.2, 0.25) is 5.91 Å². The van der Waals surface area contributed by atoms with E-state index in [-0.39, 0.29) is 11.4 Å². The summed E-state index contributed by atoms with van der Waals surface area (Å²) in [6.45, 7) is 11.6. The van der Waals surface area contributed by atoms with Crippen molar-refractivity contribution in [2.75, 3.05) is 33.2 Å². The van der Waals surface area contributed by atoms with Gasteiger partial charge in [-0.25, -0.2) is 0 Å². The molecule has 4 nitrogen and oxygen atoms in total. The number of amides is 1. The lowest BCUT2D eigenvalue weighted by Gasteiger charge is -2.45. The van der Waals surface area contributed by atoms with E-state index in [0.29, 0.717) is 12.6 Å². The first kappa shape index (κ1) is 13.5. The van der Waals surface area contributed by atoms with Crippen LogP contribution in [0.2, 0.25) is 0 Å². The first-order chi connectivity index (χ1) is 7.33. The molecule has 1 N–H and O–H groups in total. The van der Waals surface area contributed by atoms with E-state index >= 15 is 0 Å². The highest BCUT2D eigenvalue weighted by Gasteiger charge is 2.32. The van der Waals surface area contributed by atoms with Gasteiger partial charge < -0.3 is 10.2 Å². The van der Waals surface area contributed by atoms with Crippen molar-refractivity contribution in [2.45, 2.75) is 39.3 Å². The van der Waals surface area contributed by atoms with Gasteiger partial charge in [-0.05, 0) is 20.9 Å². The Balaban J connectivity index is 2.46. The van der Waals surface area contributed by atoms with E-state index in [1.165, 1.54) is 0 Å². The fraction of sp³-hybridized carbons (Fsp3) is 0.917. The van der Waals surface area contributed by atoms with Crippen molar-refractivity contribution in [1.82, 2.24) is 15.1 Å². The minimum Gasteiger partial charge on any atom is -0.338 e. The van der Waals surface area contributed by atoms with Gasteiger partial charge in [-0.1, -0.05) is 13.8 Å². The summed E-state index contributed by atoms with van der Waals surface area (Å²) < 4.78 is 0. The molecule has 1 rings (SSSR count). The largest absolute Gasteiger partial charge is 0.338 e. The molecule has 1 heterocycles. The topological polar surface area (TPSA) is 35.6 Å². The molecule has 1 aliphatic rings. The second-order valence-electron chi connectivity index (χ2n) is 5.58. The Morgan fingerprint density at radius 3 is 2.50 bits per heavy atom. The van der Waals surface area contributed by atoms with Crippen molar-refractivity contribution in [3.8, 4) is 0 Å². The lowest BCUT2D eigenvalue weighted by Crippen LogP contribution is -2.60. The van der Waals surface area contributed by atoms with Gasteiger partial charge in [-0.2, -0.15) is 0 Å². The smallest absolute Gasteiger partial charge is 0.236 e. The summed E-state index contributed by atoms with van der Waals surface area (Å²) in [7, 11) is 2.12. The fourth-order valence-corrected chi connectivity index (χ4v) is 1.86. The number of carbonyl (C=O) groups is 1. The summed E-state index contributed by atoms with van der Waals surface area (Å²) in [4.78, 5) is 16.2. The van der Waals surface area contributed by atoms with Crippen molar-refractivity contribution < 1.29 is 4.79 Å². The summed E-state index contributed by atoms with van der Waals surface area (Å²) in [6, 6.07) is 0.365. The highest BCUT2D eigenvalue weighted by atomic mass is 16.2. The van der Waals surface area contributed by atoms with Gasteiger partial charge in [0.15, 0.2) is 0 Å². The third kappa shape index (κ3) is 3.46. The molecule has 0 atom stereocenters. The number of rotatable bonds is 3. The van der Waals surface area contributed by atoms with E-state index in [2.05, 4.69) is 45.0 Å². The molecule has 0 radical (unpaired) electrons. The van der Waals surface area contributed by atoms with Crippen LogP contribution in [0.4, 0.5) is 0 Å². The van der Waals surface area contributed by atoms with E-state index in [0.717, 1.165) is 19.6 Å². The molecule has 0 aromatic rings. The zero-order valence-corrected chi connectivity index (χ0v) is 11.2. The molecule has 1 saturated heterocycles. The quantitative estimate of drug-likeness (QED) is 0.764. The summed E-state index contributed by atoms with van der Waals surface area (Å²) in [5.74, 6) is 0.217. The Kier molecular flexibility index (Phi) is 4.33. The predicted octanol–water partition coefficient (Wildman–Crippen LogP) is 0.537. The van der Waals surface area contributed by atoms with Crippen LogP contribution in [0, 0.1) is 0 Å². The minimum atomic E-state index is 0.0890. The van der Waals surface area contributed by atoms with Gasteiger partial charge in [-0.3, -0.25) is 9.69 Å². The number of hydrogen-bond acceptors (Lipinski definition) is 3. The Morgan fingerprint density at radius 1 is 1.38 bits per heavy atom. The molecule has 0 unspecified atom stereocenters. The van der Waals surface area contributed by atoms with Crippen molar-refractivity contribution in [3.63, 3.8) is 0 Å². The van der Waals surface area contributed by atoms with Gasteiger partial charge in [0.05, 0.1) is 6.54 Å². The Labute approximate surface area is 99.0 Å². The molecule has 0 saturated carbocycles. The van der Waals surface area contributed by atoms with E-state index in [9.17, 15) is 4.79 Å². The van der Waals surface area contributed by atoms with Crippen molar-refractivity contribution in [3.05, 3.63) is 0 Å². The number of piperazine rings is 1. The molecule has 16 heavy (non-hydrogen) atoms. The summed E-state index contributed by atoms with van der Waals surface area (Å²) in [6.07, 6.45) is 0. The van der Waals surface area contributed by atoms with Crippen molar-refractivity contribution in [2.24, 2.45) is 0 Å². The first-order valence-corrected chi connectivity index (χ1v) is 6.05. The van der Waals surface area contributed by atoms with Crippen LogP contribution in [-0.4, -0.2) is 60.5 Å². The maximum Gasteiger partial charge on any atom is 0.236 e. The molecule has 94 valence electrons. The highest BCUT2D eigenvalue weighted by molar-refractivity contribution is 5.78. The van der Waals surface area contributed by atoms with E-state index in [1.54, 1.807) is 0 Å². The second kappa shape index (κ2) is 5.15. The molecular formula is C12H25N3O. The molecular weight excluding hydrogens is 202 g/mol. The number of nitrogens with one attached hydrogen (secondary N) is 1. The molecule has 1 aliphatic heterocycles. The van der Waals surface area contributed by atoms with Crippen LogP contribution in [-0.2, 0) is 4.79 Å². The monoisotopic (exact) mass is 227 g/mol. The van der Waals surface area contributed by atoms with Crippen LogP contribution in [0.15, 0.2) is 0 Å². The second-order valence-corrected chi connectivity index (χ2v) is 5.58. The van der Waals surface area contributed by atoms with Crippen molar-refractivity contribution >= 4 is 5.91 Å². The lowest BCUT2D eigenvalue weighted by molar-refractivity contribution is -0.134. The number of nitrogens with zero attached hydrogens (tertiary/aromatic N) is 2. The molecule has 0 aromatic carbocycles. The van der Waals surface area contributed by atoms with Gasteiger partial charge >= 0.3 is 0 Å². The van der Waals surface area contributed by atoms with E-state index in [1.807, 2.05) is 4.90 Å². The molecule has 0 bridgehead atoms. The molecule has 1 fully saturated rings.